The number of carbonyl (C=O) groups is 1. The Morgan fingerprint density at radius 1 is 1.29 bits per heavy atom. The first-order valence-electron chi connectivity index (χ1n) is 7.51. The predicted molar refractivity (Wildman–Crippen MR) is 93.6 cm³/mol. The molecule has 3 aromatic rings. The smallest absolute Gasteiger partial charge is 0.261 e. The molecule has 0 radical (unpaired) electrons. The fourth-order valence-electron chi connectivity index (χ4n) is 2.69. The third-order valence-electron chi connectivity index (χ3n) is 3.77. The highest BCUT2D eigenvalue weighted by atomic mass is 32.1. The number of methoxy groups -OCH3 is 1. The molecule has 0 fully saturated rings. The number of hydrogen-bond acceptors (Lipinski definition) is 6. The fourth-order valence-corrected chi connectivity index (χ4v) is 3.88. The van der Waals surface area contributed by atoms with E-state index in [1.165, 1.54) is 11.3 Å². The average Bonchev–Trinajstić information content (AvgIpc) is 2.89. The van der Waals surface area contributed by atoms with E-state index >= 15 is 0 Å². The minimum atomic E-state index is -0.126. The summed E-state index contributed by atoms with van der Waals surface area (Å²) in [6, 6.07) is 3.69. The maximum atomic E-state index is 12.6. The van der Waals surface area contributed by atoms with Gasteiger partial charge in [0.2, 0.25) is 5.88 Å². The number of rotatable bonds is 4. The van der Waals surface area contributed by atoms with Crippen LogP contribution in [0.15, 0.2) is 18.3 Å². The van der Waals surface area contributed by atoms with Crippen molar-refractivity contribution in [3.63, 3.8) is 0 Å². The first-order valence-corrected chi connectivity index (χ1v) is 8.33. The zero-order valence-electron chi connectivity index (χ0n) is 14.0. The van der Waals surface area contributed by atoms with Gasteiger partial charge in [0, 0.05) is 29.4 Å². The van der Waals surface area contributed by atoms with Gasteiger partial charge in [-0.3, -0.25) is 4.79 Å². The molecule has 3 heterocycles. The lowest BCUT2D eigenvalue weighted by Gasteiger charge is -2.08. The number of ether oxygens (including phenoxy) is 1. The van der Waals surface area contributed by atoms with E-state index in [1.54, 1.807) is 13.3 Å². The monoisotopic (exact) mass is 342 g/mol. The second-order valence-corrected chi connectivity index (χ2v) is 6.45. The number of aryl methyl sites for hydroxylation is 3. The van der Waals surface area contributed by atoms with Gasteiger partial charge >= 0.3 is 0 Å². The maximum Gasteiger partial charge on any atom is 0.261 e. The maximum absolute atomic E-state index is 12.6. The molecule has 124 valence electrons. The van der Waals surface area contributed by atoms with Crippen LogP contribution in [0.25, 0.3) is 10.2 Å². The number of nitrogens with zero attached hydrogens (tertiary/aromatic N) is 3. The second kappa shape index (κ2) is 6.52. The largest absolute Gasteiger partial charge is 0.481 e. The molecule has 0 aliphatic rings. The Labute approximate surface area is 143 Å². The number of pyridine rings is 1. The van der Waals surface area contributed by atoms with Crippen LogP contribution in [-0.4, -0.2) is 28.0 Å². The van der Waals surface area contributed by atoms with Crippen LogP contribution in [0.1, 0.15) is 32.3 Å². The van der Waals surface area contributed by atoms with Gasteiger partial charge in [-0.2, -0.15) is 0 Å². The quantitative estimate of drug-likeness (QED) is 0.789. The third kappa shape index (κ3) is 2.94. The van der Waals surface area contributed by atoms with E-state index in [1.807, 2.05) is 32.9 Å². The summed E-state index contributed by atoms with van der Waals surface area (Å²) in [5.41, 5.74) is 2.65. The Hall–Kier alpha value is -2.54. The van der Waals surface area contributed by atoms with Gasteiger partial charge in [0.05, 0.1) is 12.0 Å². The Morgan fingerprint density at radius 2 is 2.08 bits per heavy atom. The van der Waals surface area contributed by atoms with Gasteiger partial charge in [-0.05, 0) is 32.4 Å². The molecule has 3 aromatic heterocycles. The molecular formula is C17H18N4O2S. The lowest BCUT2D eigenvalue weighted by Crippen LogP contribution is -2.22. The summed E-state index contributed by atoms with van der Waals surface area (Å²) in [4.78, 5) is 27.1. The van der Waals surface area contributed by atoms with Crippen LogP contribution in [0.2, 0.25) is 0 Å². The number of aromatic nitrogens is 3. The number of hydrogen-bond donors (Lipinski definition) is 1. The molecule has 0 saturated carbocycles. The number of carbonyl (C=O) groups excluding carboxylic acids is 1. The van der Waals surface area contributed by atoms with Gasteiger partial charge in [0.25, 0.3) is 5.91 Å². The van der Waals surface area contributed by atoms with E-state index in [-0.39, 0.29) is 5.91 Å². The first kappa shape index (κ1) is 16.3. The molecule has 0 aromatic carbocycles. The van der Waals surface area contributed by atoms with Crippen molar-refractivity contribution in [2.45, 2.75) is 27.3 Å². The van der Waals surface area contributed by atoms with Gasteiger partial charge in [-0.1, -0.05) is 6.07 Å². The first-order chi connectivity index (χ1) is 11.5. The lowest BCUT2D eigenvalue weighted by molar-refractivity contribution is 0.0954. The molecule has 6 nitrogen and oxygen atoms in total. The topological polar surface area (TPSA) is 77.0 Å². The SMILES string of the molecule is COc1ncccc1CNC(=O)c1sc2nc(C)nc(C)c2c1C. The van der Waals surface area contributed by atoms with Crippen LogP contribution < -0.4 is 10.1 Å². The summed E-state index contributed by atoms with van der Waals surface area (Å²) in [5, 5.41) is 3.90. The Morgan fingerprint density at radius 3 is 2.83 bits per heavy atom. The molecular weight excluding hydrogens is 324 g/mol. The van der Waals surface area contributed by atoms with Crippen LogP contribution in [0.3, 0.4) is 0 Å². The fraction of sp³-hybridized carbons (Fsp3) is 0.294. The molecule has 7 heteroatoms. The van der Waals surface area contributed by atoms with Crippen molar-refractivity contribution in [3.8, 4) is 5.88 Å². The minimum Gasteiger partial charge on any atom is -0.481 e. The Kier molecular flexibility index (Phi) is 4.44. The number of fused-ring (bicyclic) bond motifs is 1. The minimum absolute atomic E-state index is 0.126. The molecule has 0 saturated heterocycles. The summed E-state index contributed by atoms with van der Waals surface area (Å²) < 4.78 is 5.21. The summed E-state index contributed by atoms with van der Waals surface area (Å²) in [6.07, 6.45) is 1.66. The summed E-state index contributed by atoms with van der Waals surface area (Å²) in [7, 11) is 1.56. The number of nitrogens with one attached hydrogen (secondary N) is 1. The van der Waals surface area contributed by atoms with Crippen LogP contribution in [-0.2, 0) is 6.54 Å². The van der Waals surface area contributed by atoms with E-state index in [0.29, 0.717) is 23.1 Å². The van der Waals surface area contributed by atoms with E-state index in [4.69, 9.17) is 4.74 Å². The highest BCUT2D eigenvalue weighted by molar-refractivity contribution is 7.20. The molecule has 0 bridgehead atoms. The second-order valence-electron chi connectivity index (χ2n) is 5.45. The van der Waals surface area contributed by atoms with E-state index in [0.717, 1.165) is 27.0 Å². The summed E-state index contributed by atoms with van der Waals surface area (Å²) >= 11 is 1.40. The van der Waals surface area contributed by atoms with Gasteiger partial charge in [0.15, 0.2) is 0 Å². The molecule has 3 rings (SSSR count). The molecule has 24 heavy (non-hydrogen) atoms. The van der Waals surface area contributed by atoms with Crippen molar-refractivity contribution in [1.82, 2.24) is 20.3 Å². The van der Waals surface area contributed by atoms with Gasteiger partial charge in [-0.15, -0.1) is 11.3 Å². The molecule has 0 atom stereocenters. The normalized spacial score (nSPS) is 10.8. The highest BCUT2D eigenvalue weighted by Crippen LogP contribution is 2.31. The Balaban J connectivity index is 1.87. The van der Waals surface area contributed by atoms with Gasteiger partial charge in [-0.25, -0.2) is 15.0 Å². The van der Waals surface area contributed by atoms with Crippen LogP contribution in [0.5, 0.6) is 5.88 Å². The zero-order valence-corrected chi connectivity index (χ0v) is 14.8. The van der Waals surface area contributed by atoms with E-state index in [9.17, 15) is 4.79 Å². The molecule has 1 amide bonds. The summed E-state index contributed by atoms with van der Waals surface area (Å²) in [5.74, 6) is 1.11. The summed E-state index contributed by atoms with van der Waals surface area (Å²) in [6.45, 7) is 6.09. The number of thiophene rings is 1. The zero-order chi connectivity index (χ0) is 17.3. The van der Waals surface area contributed by atoms with E-state index < -0.39 is 0 Å². The van der Waals surface area contributed by atoms with Crippen molar-refractivity contribution in [2.24, 2.45) is 0 Å². The Bertz CT molecular complexity index is 920. The van der Waals surface area contributed by atoms with Crippen molar-refractivity contribution in [3.05, 3.63) is 45.9 Å². The van der Waals surface area contributed by atoms with Crippen LogP contribution >= 0.6 is 11.3 Å². The predicted octanol–water partition coefficient (Wildman–Crippen LogP) is 2.95. The molecule has 0 aliphatic carbocycles. The number of amides is 1. The lowest BCUT2D eigenvalue weighted by atomic mass is 10.1. The van der Waals surface area contributed by atoms with Crippen LogP contribution in [0, 0.1) is 20.8 Å². The van der Waals surface area contributed by atoms with Crippen molar-refractivity contribution in [2.75, 3.05) is 7.11 Å². The molecule has 1 N–H and O–H groups in total. The molecule has 0 spiro atoms. The standard InChI is InChI=1S/C17H18N4O2S/c1-9-13-10(2)20-11(3)21-17(13)24-14(9)15(22)19-8-12-6-5-7-18-16(12)23-4/h5-7H,8H2,1-4H3,(H,19,22). The average molecular weight is 342 g/mol. The highest BCUT2D eigenvalue weighted by Gasteiger charge is 2.18. The van der Waals surface area contributed by atoms with Crippen molar-refractivity contribution >= 4 is 27.5 Å². The van der Waals surface area contributed by atoms with Gasteiger partial charge < -0.3 is 10.1 Å². The molecule has 0 aliphatic heterocycles. The molecule has 0 unspecified atom stereocenters. The van der Waals surface area contributed by atoms with E-state index in [2.05, 4.69) is 20.3 Å². The van der Waals surface area contributed by atoms with Crippen molar-refractivity contribution in [1.29, 1.82) is 0 Å². The van der Waals surface area contributed by atoms with Crippen LogP contribution in [0.4, 0.5) is 0 Å². The van der Waals surface area contributed by atoms with Gasteiger partial charge in [0.1, 0.15) is 10.7 Å². The third-order valence-corrected chi connectivity index (χ3v) is 4.96. The van der Waals surface area contributed by atoms with Crippen molar-refractivity contribution < 1.29 is 9.53 Å².